The fourth-order valence-corrected chi connectivity index (χ4v) is 4.70. The van der Waals surface area contributed by atoms with Crippen LogP contribution < -0.4 is 0 Å². The van der Waals surface area contributed by atoms with Crippen LogP contribution in [0.2, 0.25) is 15.1 Å². The molecule has 0 saturated heterocycles. The molecule has 0 aliphatic carbocycles. The Kier molecular flexibility index (Phi) is 7.58. The van der Waals surface area contributed by atoms with E-state index in [9.17, 15) is 35.9 Å². The molecule has 3 aromatic carbocycles. The first-order chi connectivity index (χ1) is 17.7. The molecule has 3 aromatic rings. The van der Waals surface area contributed by atoms with Gasteiger partial charge in [-0.05, 0) is 46.5 Å². The third-order valence-electron chi connectivity index (χ3n) is 5.76. The summed E-state index contributed by atoms with van der Waals surface area (Å²) >= 11 is 18.0. The molecule has 1 aliphatic rings. The average Bonchev–Trinajstić information content (AvgIpc) is 3.07. The molecule has 1 atom stereocenters. The fourth-order valence-electron chi connectivity index (χ4n) is 4.10. The van der Waals surface area contributed by atoms with Gasteiger partial charge < -0.3 is 0 Å². The van der Waals surface area contributed by atoms with E-state index in [2.05, 4.69) is 0 Å². The first-order valence-corrected chi connectivity index (χ1v) is 11.9. The topological polar surface area (TPSA) is 37.4 Å². The van der Waals surface area contributed by atoms with Crippen molar-refractivity contribution in [3.05, 3.63) is 110 Å². The second kappa shape index (κ2) is 10.3. The summed E-state index contributed by atoms with van der Waals surface area (Å²) in [7, 11) is 0. The van der Waals surface area contributed by atoms with Crippen LogP contribution in [0.1, 0.15) is 49.9 Å². The van der Waals surface area contributed by atoms with Gasteiger partial charge in [0.25, 0.3) is 11.8 Å². The highest BCUT2D eigenvalue weighted by Gasteiger charge is 2.52. The molecule has 1 unspecified atom stereocenters. The quantitative estimate of drug-likeness (QED) is 0.169. The van der Waals surface area contributed by atoms with Gasteiger partial charge in [-0.3, -0.25) is 14.5 Å². The fraction of sp³-hybridized carbons (Fsp3) is 0.154. The van der Waals surface area contributed by atoms with Gasteiger partial charge in [-0.1, -0.05) is 77.3 Å². The minimum Gasteiger partial charge on any atom is -0.269 e. The number of amides is 2. The summed E-state index contributed by atoms with van der Waals surface area (Å²) in [5, 5.41) is -0.0884. The Balaban J connectivity index is 1.77. The van der Waals surface area contributed by atoms with Crippen LogP contribution in [-0.2, 0) is 0 Å². The van der Waals surface area contributed by atoms with Crippen molar-refractivity contribution in [1.29, 1.82) is 0 Å². The zero-order chi connectivity index (χ0) is 28.0. The van der Waals surface area contributed by atoms with E-state index in [1.807, 2.05) is 0 Å². The monoisotopic (exact) mass is 591 g/mol. The minimum atomic E-state index is -5.04. The maximum Gasteiger partial charge on any atom is 0.413 e. The standard InChI is InChI=1S/C26H14Cl3F6NO2/c27-19-11-15(12-20(28)21(19)29)16(9-10-25(30,31)32)13-5-7-14(8-6-13)22(26(33,34)35)36-23(37)17-3-1-2-4-18(17)24(36)38/h1-9,11-12,22H,10H2/b16-9+. The normalized spacial score (nSPS) is 15.2. The lowest BCUT2D eigenvalue weighted by Crippen LogP contribution is -2.42. The molecule has 0 N–H and O–H groups in total. The number of allylic oxidation sites excluding steroid dienone is 1. The largest absolute Gasteiger partial charge is 0.413 e. The third-order valence-corrected chi connectivity index (χ3v) is 6.96. The van der Waals surface area contributed by atoms with Crippen molar-refractivity contribution in [3.8, 4) is 0 Å². The molecule has 0 fully saturated rings. The number of hydrogen-bond acceptors (Lipinski definition) is 2. The first-order valence-electron chi connectivity index (χ1n) is 10.7. The van der Waals surface area contributed by atoms with Crippen molar-refractivity contribution in [2.45, 2.75) is 24.8 Å². The molecule has 0 saturated carbocycles. The number of nitrogens with zero attached hydrogens (tertiary/aromatic N) is 1. The number of alkyl halides is 6. The number of carbonyl (C=O) groups excluding carboxylic acids is 2. The van der Waals surface area contributed by atoms with Gasteiger partial charge in [-0.2, -0.15) is 26.3 Å². The number of hydrogen-bond donors (Lipinski definition) is 0. The summed E-state index contributed by atoms with van der Waals surface area (Å²) in [5.74, 6) is -2.21. The highest BCUT2D eigenvalue weighted by molar-refractivity contribution is 6.48. The van der Waals surface area contributed by atoms with Crippen LogP contribution in [0.4, 0.5) is 26.3 Å². The minimum absolute atomic E-state index is 0.0152. The molecular formula is C26H14Cl3F6NO2. The SMILES string of the molecule is O=C1c2ccccc2C(=O)N1C(c1ccc(/C(=C\CC(F)(F)F)c2cc(Cl)c(Cl)c(Cl)c2)cc1)C(F)(F)F. The maximum atomic E-state index is 14.2. The van der Waals surface area contributed by atoms with Crippen LogP contribution in [0.25, 0.3) is 5.57 Å². The molecule has 38 heavy (non-hydrogen) atoms. The predicted molar refractivity (Wildman–Crippen MR) is 131 cm³/mol. The van der Waals surface area contributed by atoms with Crippen molar-refractivity contribution in [3.63, 3.8) is 0 Å². The summed E-state index contributed by atoms with van der Waals surface area (Å²) in [4.78, 5) is 25.6. The van der Waals surface area contributed by atoms with Crippen LogP contribution in [0, 0.1) is 0 Å². The first kappa shape index (κ1) is 28.0. The molecule has 0 aromatic heterocycles. The number of benzene rings is 3. The van der Waals surface area contributed by atoms with E-state index in [0.717, 1.165) is 30.3 Å². The van der Waals surface area contributed by atoms with Crippen molar-refractivity contribution in [2.75, 3.05) is 0 Å². The van der Waals surface area contributed by atoms with Crippen molar-refractivity contribution < 1.29 is 35.9 Å². The molecule has 1 heterocycles. The lowest BCUT2D eigenvalue weighted by Gasteiger charge is -2.28. The Morgan fingerprint density at radius 2 is 1.29 bits per heavy atom. The molecule has 1 aliphatic heterocycles. The smallest absolute Gasteiger partial charge is 0.269 e. The van der Waals surface area contributed by atoms with Crippen LogP contribution in [0.3, 0.4) is 0 Å². The van der Waals surface area contributed by atoms with Crippen LogP contribution in [-0.4, -0.2) is 29.1 Å². The van der Waals surface area contributed by atoms with Gasteiger partial charge in [0.15, 0.2) is 6.04 Å². The van der Waals surface area contributed by atoms with Gasteiger partial charge in [0.2, 0.25) is 0 Å². The highest BCUT2D eigenvalue weighted by atomic mass is 35.5. The van der Waals surface area contributed by atoms with E-state index in [0.29, 0.717) is 0 Å². The highest BCUT2D eigenvalue weighted by Crippen LogP contribution is 2.43. The summed E-state index contributed by atoms with van der Waals surface area (Å²) < 4.78 is 81.7. The molecule has 0 spiro atoms. The molecule has 4 rings (SSSR count). The molecule has 0 radical (unpaired) electrons. The van der Waals surface area contributed by atoms with Gasteiger partial charge in [0.05, 0.1) is 32.6 Å². The number of rotatable bonds is 5. The second-order valence-electron chi connectivity index (χ2n) is 8.28. The molecular weight excluding hydrogens is 579 g/mol. The molecule has 3 nitrogen and oxygen atoms in total. The summed E-state index contributed by atoms with van der Waals surface area (Å²) in [6.45, 7) is 0. The van der Waals surface area contributed by atoms with E-state index in [-0.39, 0.29) is 47.8 Å². The van der Waals surface area contributed by atoms with E-state index >= 15 is 0 Å². The van der Waals surface area contributed by atoms with E-state index in [4.69, 9.17) is 34.8 Å². The van der Waals surface area contributed by atoms with Gasteiger partial charge in [-0.15, -0.1) is 0 Å². The summed E-state index contributed by atoms with van der Waals surface area (Å²) in [6.07, 6.45) is -10.1. The number of carbonyl (C=O) groups is 2. The molecule has 2 amide bonds. The van der Waals surface area contributed by atoms with E-state index in [1.54, 1.807) is 0 Å². The van der Waals surface area contributed by atoms with Crippen molar-refractivity contribution >= 4 is 52.2 Å². The Bertz CT molecular complexity index is 1390. The zero-order valence-corrected chi connectivity index (χ0v) is 21.1. The summed E-state index contributed by atoms with van der Waals surface area (Å²) in [5.41, 5.74) is -0.531. The van der Waals surface area contributed by atoms with Gasteiger partial charge >= 0.3 is 12.4 Å². The van der Waals surface area contributed by atoms with Gasteiger partial charge in [-0.25, -0.2) is 0 Å². The Labute approximate surface area is 227 Å². The van der Waals surface area contributed by atoms with Crippen LogP contribution >= 0.6 is 34.8 Å². The zero-order valence-electron chi connectivity index (χ0n) is 18.8. The van der Waals surface area contributed by atoms with E-state index in [1.165, 1.54) is 36.4 Å². The van der Waals surface area contributed by atoms with Crippen molar-refractivity contribution in [1.82, 2.24) is 4.90 Å². The molecule has 0 bridgehead atoms. The third kappa shape index (κ3) is 5.55. The van der Waals surface area contributed by atoms with Crippen LogP contribution in [0.15, 0.2) is 66.7 Å². The lowest BCUT2D eigenvalue weighted by molar-refractivity contribution is -0.173. The molecule has 198 valence electrons. The second-order valence-corrected chi connectivity index (χ2v) is 9.48. The van der Waals surface area contributed by atoms with Crippen molar-refractivity contribution in [2.24, 2.45) is 0 Å². The number of halogens is 9. The molecule has 12 heteroatoms. The Hall–Kier alpha value is -3.01. The number of fused-ring (bicyclic) bond motifs is 1. The van der Waals surface area contributed by atoms with Crippen LogP contribution in [0.5, 0.6) is 0 Å². The number of imide groups is 1. The van der Waals surface area contributed by atoms with Gasteiger partial charge in [0.1, 0.15) is 0 Å². The van der Waals surface area contributed by atoms with E-state index < -0.39 is 42.2 Å². The lowest BCUT2D eigenvalue weighted by atomic mass is 9.94. The summed E-state index contributed by atoms with van der Waals surface area (Å²) in [6, 6.07) is 9.62. The Morgan fingerprint density at radius 3 is 1.74 bits per heavy atom. The predicted octanol–water partition coefficient (Wildman–Crippen LogP) is 8.93. The van der Waals surface area contributed by atoms with Gasteiger partial charge in [0, 0.05) is 0 Å². The Morgan fingerprint density at radius 1 is 0.789 bits per heavy atom. The maximum absolute atomic E-state index is 14.2. The average molecular weight is 593 g/mol.